The van der Waals surface area contributed by atoms with Crippen LogP contribution in [0.25, 0.3) is 22.6 Å². The SMILES string of the molecule is COc1cccc2cc(-c3nnc(SCC(=O)Nc4ccc(F)c(F)c4)n3C)oc12. The maximum absolute atomic E-state index is 13.3. The molecule has 0 fully saturated rings. The first-order valence-corrected chi connectivity index (χ1v) is 9.79. The van der Waals surface area contributed by atoms with Gasteiger partial charge >= 0.3 is 0 Å². The first-order valence-electron chi connectivity index (χ1n) is 8.80. The van der Waals surface area contributed by atoms with E-state index < -0.39 is 11.6 Å². The summed E-state index contributed by atoms with van der Waals surface area (Å²) in [7, 11) is 3.33. The fourth-order valence-corrected chi connectivity index (χ4v) is 3.57. The third kappa shape index (κ3) is 3.86. The number of furan rings is 1. The van der Waals surface area contributed by atoms with Gasteiger partial charge in [0.2, 0.25) is 5.91 Å². The molecule has 1 N–H and O–H groups in total. The van der Waals surface area contributed by atoms with Gasteiger partial charge in [0.15, 0.2) is 39.7 Å². The Bertz CT molecular complexity index is 1240. The molecule has 2 aromatic heterocycles. The second kappa shape index (κ2) is 8.15. The van der Waals surface area contributed by atoms with Gasteiger partial charge in [-0.25, -0.2) is 8.78 Å². The normalized spacial score (nSPS) is 11.1. The molecule has 7 nitrogen and oxygen atoms in total. The minimum atomic E-state index is -1.03. The highest BCUT2D eigenvalue weighted by Gasteiger charge is 2.18. The summed E-state index contributed by atoms with van der Waals surface area (Å²) in [5, 5.41) is 12.1. The third-order valence-electron chi connectivity index (χ3n) is 4.32. The number of thioether (sulfide) groups is 1. The zero-order valence-corrected chi connectivity index (χ0v) is 16.8. The number of benzene rings is 2. The molecule has 4 aromatic rings. The molecule has 0 atom stereocenters. The van der Waals surface area contributed by atoms with Crippen LogP contribution in [0.4, 0.5) is 14.5 Å². The highest BCUT2D eigenvalue weighted by atomic mass is 32.2. The second-order valence-corrected chi connectivity index (χ2v) is 7.26. The van der Waals surface area contributed by atoms with Gasteiger partial charge in [0.1, 0.15) is 0 Å². The van der Waals surface area contributed by atoms with Gasteiger partial charge in [0.05, 0.1) is 12.9 Å². The molecule has 0 unspecified atom stereocenters. The lowest BCUT2D eigenvalue weighted by molar-refractivity contribution is -0.113. The Hall–Kier alpha value is -3.40. The number of fused-ring (bicyclic) bond motifs is 1. The van der Waals surface area contributed by atoms with E-state index in [0.29, 0.717) is 28.1 Å². The number of para-hydroxylation sites is 1. The van der Waals surface area contributed by atoms with Crippen LogP contribution in [0.2, 0.25) is 0 Å². The first-order chi connectivity index (χ1) is 14.5. The summed E-state index contributed by atoms with van der Waals surface area (Å²) < 4.78 is 39.1. The second-order valence-electron chi connectivity index (χ2n) is 6.32. The molecule has 1 amide bonds. The molecule has 10 heteroatoms. The minimum Gasteiger partial charge on any atom is -0.493 e. The van der Waals surface area contributed by atoms with Crippen LogP contribution in [-0.2, 0) is 11.8 Å². The van der Waals surface area contributed by atoms with E-state index in [1.54, 1.807) is 24.8 Å². The molecule has 4 rings (SSSR count). The van der Waals surface area contributed by atoms with E-state index in [0.717, 1.165) is 29.3 Å². The van der Waals surface area contributed by atoms with Crippen LogP contribution in [0.15, 0.2) is 52.0 Å². The summed E-state index contributed by atoms with van der Waals surface area (Å²) in [6.07, 6.45) is 0. The molecule has 0 aliphatic heterocycles. The fraction of sp³-hybridized carbons (Fsp3) is 0.150. The molecule has 0 saturated heterocycles. The van der Waals surface area contributed by atoms with Crippen molar-refractivity contribution in [2.75, 3.05) is 18.2 Å². The van der Waals surface area contributed by atoms with Crippen molar-refractivity contribution in [3.05, 3.63) is 54.1 Å². The number of amides is 1. The van der Waals surface area contributed by atoms with Gasteiger partial charge in [-0.1, -0.05) is 23.9 Å². The Morgan fingerprint density at radius 2 is 2.03 bits per heavy atom. The maximum atomic E-state index is 13.3. The Morgan fingerprint density at radius 1 is 1.20 bits per heavy atom. The Balaban J connectivity index is 1.47. The highest BCUT2D eigenvalue weighted by molar-refractivity contribution is 7.99. The number of hydrogen-bond acceptors (Lipinski definition) is 6. The van der Waals surface area contributed by atoms with Gasteiger partial charge in [-0.3, -0.25) is 4.79 Å². The summed E-state index contributed by atoms with van der Waals surface area (Å²) in [6.45, 7) is 0. The van der Waals surface area contributed by atoms with E-state index in [1.165, 1.54) is 6.07 Å². The van der Waals surface area contributed by atoms with E-state index in [1.807, 2.05) is 18.2 Å². The molecule has 0 spiro atoms. The van der Waals surface area contributed by atoms with Crippen molar-refractivity contribution < 1.29 is 22.7 Å². The van der Waals surface area contributed by atoms with E-state index in [-0.39, 0.29) is 17.3 Å². The lowest BCUT2D eigenvalue weighted by Gasteiger charge is -2.05. The number of methoxy groups -OCH3 is 1. The standard InChI is InChI=1S/C20H16F2N4O3S/c1-26-19(16-8-11-4-3-5-15(28-2)18(11)29-16)24-25-20(26)30-10-17(27)23-12-6-7-13(21)14(22)9-12/h3-9H,10H2,1-2H3,(H,23,27). The molecule has 2 heterocycles. The van der Waals surface area contributed by atoms with Gasteiger partial charge in [0.25, 0.3) is 0 Å². The number of carbonyl (C=O) groups excluding carboxylic acids is 1. The molecule has 0 saturated carbocycles. The van der Waals surface area contributed by atoms with Crippen LogP contribution in [0.1, 0.15) is 0 Å². The monoisotopic (exact) mass is 430 g/mol. The molecular formula is C20H16F2N4O3S. The number of carbonyl (C=O) groups is 1. The van der Waals surface area contributed by atoms with Crippen molar-refractivity contribution in [3.8, 4) is 17.3 Å². The Labute approximate surface area is 174 Å². The van der Waals surface area contributed by atoms with Crippen molar-refractivity contribution in [1.29, 1.82) is 0 Å². The molecule has 0 radical (unpaired) electrons. The lowest BCUT2D eigenvalue weighted by atomic mass is 10.2. The van der Waals surface area contributed by atoms with Crippen molar-refractivity contribution in [3.63, 3.8) is 0 Å². The number of anilines is 1. The Morgan fingerprint density at radius 3 is 2.80 bits per heavy atom. The number of nitrogens with one attached hydrogen (secondary N) is 1. The number of halogens is 2. The van der Waals surface area contributed by atoms with Crippen LogP contribution in [-0.4, -0.2) is 33.5 Å². The summed E-state index contributed by atoms with van der Waals surface area (Å²) in [5.74, 6) is -0.746. The number of hydrogen-bond donors (Lipinski definition) is 1. The molecule has 2 aromatic carbocycles. The molecule has 0 aliphatic rings. The van der Waals surface area contributed by atoms with E-state index in [2.05, 4.69) is 15.5 Å². The summed E-state index contributed by atoms with van der Waals surface area (Å²) in [5.41, 5.74) is 0.785. The average molecular weight is 430 g/mol. The van der Waals surface area contributed by atoms with Crippen molar-refractivity contribution in [2.24, 2.45) is 7.05 Å². The van der Waals surface area contributed by atoms with Gasteiger partial charge in [-0.15, -0.1) is 10.2 Å². The van der Waals surface area contributed by atoms with E-state index in [9.17, 15) is 13.6 Å². The highest BCUT2D eigenvalue weighted by Crippen LogP contribution is 2.33. The quantitative estimate of drug-likeness (QED) is 0.461. The minimum absolute atomic E-state index is 0.0128. The third-order valence-corrected chi connectivity index (χ3v) is 5.34. The average Bonchev–Trinajstić information content (AvgIpc) is 3.32. The smallest absolute Gasteiger partial charge is 0.234 e. The Kier molecular flexibility index (Phi) is 5.40. The van der Waals surface area contributed by atoms with Gasteiger partial charge in [-0.2, -0.15) is 0 Å². The summed E-state index contributed by atoms with van der Waals surface area (Å²) in [6, 6.07) is 10.6. The number of nitrogens with zero attached hydrogens (tertiary/aromatic N) is 3. The first kappa shape index (κ1) is 19.9. The van der Waals surface area contributed by atoms with Crippen LogP contribution in [0.5, 0.6) is 5.75 Å². The van der Waals surface area contributed by atoms with Gasteiger partial charge in [0, 0.05) is 24.2 Å². The van der Waals surface area contributed by atoms with Crippen LogP contribution < -0.4 is 10.1 Å². The molecule has 154 valence electrons. The predicted molar refractivity (Wildman–Crippen MR) is 108 cm³/mol. The molecule has 0 aliphatic carbocycles. The largest absolute Gasteiger partial charge is 0.493 e. The molecule has 0 bridgehead atoms. The van der Waals surface area contributed by atoms with Crippen LogP contribution in [0, 0.1) is 11.6 Å². The van der Waals surface area contributed by atoms with Crippen LogP contribution in [0.3, 0.4) is 0 Å². The number of aromatic nitrogens is 3. The topological polar surface area (TPSA) is 82.2 Å². The summed E-state index contributed by atoms with van der Waals surface area (Å²) >= 11 is 1.15. The zero-order chi connectivity index (χ0) is 21.3. The molecular weight excluding hydrogens is 414 g/mol. The lowest BCUT2D eigenvalue weighted by Crippen LogP contribution is -2.14. The number of rotatable bonds is 6. The van der Waals surface area contributed by atoms with Crippen LogP contribution >= 0.6 is 11.8 Å². The molecule has 30 heavy (non-hydrogen) atoms. The van der Waals surface area contributed by atoms with E-state index in [4.69, 9.17) is 9.15 Å². The predicted octanol–water partition coefficient (Wildman–Crippen LogP) is 4.25. The maximum Gasteiger partial charge on any atom is 0.234 e. The van der Waals surface area contributed by atoms with Crippen molar-refractivity contribution in [2.45, 2.75) is 5.16 Å². The van der Waals surface area contributed by atoms with Gasteiger partial charge in [-0.05, 0) is 24.3 Å². The zero-order valence-electron chi connectivity index (χ0n) is 16.0. The van der Waals surface area contributed by atoms with Crippen molar-refractivity contribution in [1.82, 2.24) is 14.8 Å². The summed E-state index contributed by atoms with van der Waals surface area (Å²) in [4.78, 5) is 12.1. The van der Waals surface area contributed by atoms with Gasteiger partial charge < -0.3 is 19.0 Å². The van der Waals surface area contributed by atoms with E-state index >= 15 is 0 Å². The van der Waals surface area contributed by atoms with Crippen molar-refractivity contribution >= 4 is 34.3 Å². The fourth-order valence-electron chi connectivity index (χ4n) is 2.86. The number of ether oxygens (including phenoxy) is 1.